The molecule has 9 heteroatoms. The lowest BCUT2D eigenvalue weighted by atomic mass is 10.2. The van der Waals surface area contributed by atoms with Crippen LogP contribution in [0.5, 0.6) is 0 Å². The summed E-state index contributed by atoms with van der Waals surface area (Å²) in [5, 5.41) is 19.7. The fourth-order valence-corrected chi connectivity index (χ4v) is 1.25. The summed E-state index contributed by atoms with van der Waals surface area (Å²) in [6.07, 6.45) is -0.509. The highest BCUT2D eigenvalue weighted by molar-refractivity contribution is 5.76. The summed E-state index contributed by atoms with van der Waals surface area (Å²) < 4.78 is 0.990. The van der Waals surface area contributed by atoms with Gasteiger partial charge in [0.05, 0.1) is 0 Å². The molecular formula is C10H13N3O6. The molecular weight excluding hydrogens is 258 g/mol. The average molecular weight is 271 g/mol. The molecule has 0 bridgehead atoms. The normalized spacial score (nSPS) is 11.8. The highest BCUT2D eigenvalue weighted by atomic mass is 16.4. The van der Waals surface area contributed by atoms with Gasteiger partial charge in [0.15, 0.2) is 6.10 Å². The molecule has 0 aliphatic heterocycles. The van der Waals surface area contributed by atoms with Crippen LogP contribution in [0.4, 0.5) is 0 Å². The molecule has 1 aromatic rings. The van der Waals surface area contributed by atoms with E-state index in [4.69, 9.17) is 10.2 Å². The molecule has 0 aromatic carbocycles. The first-order valence-electron chi connectivity index (χ1n) is 5.37. The smallest absolute Gasteiger partial charge is 0.332 e. The van der Waals surface area contributed by atoms with E-state index in [1.165, 1.54) is 6.20 Å². The van der Waals surface area contributed by atoms with Crippen molar-refractivity contribution in [1.29, 1.82) is 0 Å². The van der Waals surface area contributed by atoms with Crippen molar-refractivity contribution in [3.8, 4) is 0 Å². The summed E-state index contributed by atoms with van der Waals surface area (Å²) in [4.78, 5) is 45.7. The summed E-state index contributed by atoms with van der Waals surface area (Å²) in [5.74, 6) is -1.90. The zero-order chi connectivity index (χ0) is 14.4. The second-order valence-corrected chi connectivity index (χ2v) is 3.73. The van der Waals surface area contributed by atoms with Crippen LogP contribution < -0.4 is 16.6 Å². The van der Waals surface area contributed by atoms with Crippen LogP contribution in [-0.2, 0) is 16.1 Å². The molecule has 0 aliphatic rings. The predicted molar refractivity (Wildman–Crippen MR) is 62.6 cm³/mol. The molecule has 0 fully saturated rings. The van der Waals surface area contributed by atoms with E-state index in [9.17, 15) is 19.2 Å². The molecule has 4 N–H and O–H groups in total. The molecule has 1 heterocycles. The molecule has 0 radical (unpaired) electrons. The first kappa shape index (κ1) is 14.6. The van der Waals surface area contributed by atoms with Gasteiger partial charge in [0, 0.05) is 25.2 Å². The molecule has 1 atom stereocenters. The number of rotatable bonds is 6. The van der Waals surface area contributed by atoms with E-state index in [2.05, 4.69) is 5.32 Å². The Morgan fingerprint density at radius 1 is 1.42 bits per heavy atom. The van der Waals surface area contributed by atoms with Crippen LogP contribution in [0, 0.1) is 0 Å². The van der Waals surface area contributed by atoms with Crippen molar-refractivity contribution in [1.82, 2.24) is 14.9 Å². The Morgan fingerprint density at radius 2 is 2.11 bits per heavy atom. The van der Waals surface area contributed by atoms with Crippen molar-refractivity contribution in [2.45, 2.75) is 19.1 Å². The van der Waals surface area contributed by atoms with E-state index in [0.717, 1.165) is 10.6 Å². The van der Waals surface area contributed by atoms with Gasteiger partial charge in [-0.2, -0.15) is 0 Å². The van der Waals surface area contributed by atoms with Crippen LogP contribution >= 0.6 is 0 Å². The molecule has 0 aliphatic carbocycles. The highest BCUT2D eigenvalue weighted by Crippen LogP contribution is 1.89. The zero-order valence-corrected chi connectivity index (χ0v) is 9.83. The Bertz CT molecular complexity index is 575. The Balaban J connectivity index is 2.45. The van der Waals surface area contributed by atoms with Gasteiger partial charge in [-0.3, -0.25) is 19.1 Å². The summed E-state index contributed by atoms with van der Waals surface area (Å²) in [5.41, 5.74) is -1.28. The van der Waals surface area contributed by atoms with Gasteiger partial charge >= 0.3 is 11.7 Å². The number of carboxylic acid groups (broad SMARTS) is 1. The number of aliphatic carboxylic acids is 1. The average Bonchev–Trinajstić information content (AvgIpc) is 2.32. The lowest BCUT2D eigenvalue weighted by molar-refractivity contribution is -0.147. The Kier molecular flexibility index (Phi) is 5.01. The lowest BCUT2D eigenvalue weighted by Gasteiger charge is -2.08. The second-order valence-electron chi connectivity index (χ2n) is 3.73. The van der Waals surface area contributed by atoms with E-state index in [0.29, 0.717) is 0 Å². The predicted octanol–water partition coefficient (Wildman–Crippen LogP) is -2.51. The number of hydrogen-bond donors (Lipinski definition) is 4. The molecule has 0 unspecified atom stereocenters. The number of carbonyl (C=O) groups excluding carboxylic acids is 1. The minimum absolute atomic E-state index is 0.0373. The van der Waals surface area contributed by atoms with Gasteiger partial charge in [-0.1, -0.05) is 0 Å². The number of H-pyrrole nitrogens is 1. The second kappa shape index (κ2) is 6.50. The molecule has 9 nitrogen and oxygen atoms in total. The number of aliphatic hydroxyl groups excluding tert-OH is 1. The van der Waals surface area contributed by atoms with Crippen LogP contribution in [0.2, 0.25) is 0 Å². The molecule has 19 heavy (non-hydrogen) atoms. The van der Waals surface area contributed by atoms with Crippen LogP contribution in [0.1, 0.15) is 6.42 Å². The molecule has 0 saturated heterocycles. The number of aliphatic hydroxyl groups is 1. The fourth-order valence-electron chi connectivity index (χ4n) is 1.25. The summed E-state index contributed by atoms with van der Waals surface area (Å²) in [6, 6.07) is 1.10. The van der Waals surface area contributed by atoms with Gasteiger partial charge in [0.1, 0.15) is 6.54 Å². The Hall–Kier alpha value is -2.42. The van der Waals surface area contributed by atoms with Crippen LogP contribution in [0.15, 0.2) is 21.9 Å². The fraction of sp³-hybridized carbons (Fsp3) is 0.400. The zero-order valence-electron chi connectivity index (χ0n) is 9.83. The van der Waals surface area contributed by atoms with Crippen LogP contribution in [0.25, 0.3) is 0 Å². The number of amides is 1. The van der Waals surface area contributed by atoms with E-state index in [1.54, 1.807) is 0 Å². The van der Waals surface area contributed by atoms with Gasteiger partial charge in [0.2, 0.25) is 5.91 Å². The molecule has 104 valence electrons. The third kappa shape index (κ3) is 4.76. The largest absolute Gasteiger partial charge is 0.479 e. The molecule has 1 aromatic heterocycles. The third-order valence-electron chi connectivity index (χ3n) is 2.24. The van der Waals surface area contributed by atoms with Crippen molar-refractivity contribution in [3.05, 3.63) is 33.1 Å². The van der Waals surface area contributed by atoms with Crippen molar-refractivity contribution in [3.63, 3.8) is 0 Å². The summed E-state index contributed by atoms with van der Waals surface area (Å²) in [7, 11) is 0. The van der Waals surface area contributed by atoms with Crippen molar-refractivity contribution < 1.29 is 19.8 Å². The van der Waals surface area contributed by atoms with Gasteiger partial charge in [-0.25, -0.2) is 9.59 Å². The number of nitrogens with zero attached hydrogens (tertiary/aromatic N) is 1. The van der Waals surface area contributed by atoms with Gasteiger partial charge in [-0.05, 0) is 0 Å². The van der Waals surface area contributed by atoms with Crippen molar-refractivity contribution in [2.75, 3.05) is 6.54 Å². The maximum Gasteiger partial charge on any atom is 0.332 e. The van der Waals surface area contributed by atoms with Gasteiger partial charge < -0.3 is 15.5 Å². The minimum Gasteiger partial charge on any atom is -0.479 e. The summed E-state index contributed by atoms with van der Waals surface area (Å²) >= 11 is 0. The highest BCUT2D eigenvalue weighted by Gasteiger charge is 2.13. The first-order valence-corrected chi connectivity index (χ1v) is 5.37. The number of carbonyl (C=O) groups is 2. The molecule has 0 saturated carbocycles. The number of nitrogens with one attached hydrogen (secondary N) is 2. The minimum atomic E-state index is -1.55. The maximum atomic E-state index is 11.4. The van der Waals surface area contributed by atoms with Crippen molar-refractivity contribution >= 4 is 11.9 Å². The Labute approximate surface area is 106 Å². The standard InChI is InChI=1S/C10H13N3O6/c14-6(9(17)18)1-3-11-8(16)5-13-4-2-7(15)12-10(13)19/h2,4,6,14H,1,3,5H2,(H,11,16)(H,17,18)(H,12,15,19)/t6-/m0/s1. The van der Waals surface area contributed by atoms with Gasteiger partial charge in [-0.15, -0.1) is 0 Å². The quantitative estimate of drug-likeness (QED) is 0.450. The topological polar surface area (TPSA) is 141 Å². The molecule has 1 rings (SSSR count). The van der Waals surface area contributed by atoms with Crippen molar-refractivity contribution in [2.24, 2.45) is 0 Å². The summed E-state index contributed by atoms with van der Waals surface area (Å²) in [6.45, 7) is -0.344. The van der Waals surface area contributed by atoms with Crippen LogP contribution in [-0.4, -0.2) is 44.3 Å². The van der Waals surface area contributed by atoms with Crippen LogP contribution in [0.3, 0.4) is 0 Å². The molecule has 1 amide bonds. The number of aromatic nitrogens is 2. The van der Waals surface area contributed by atoms with E-state index in [1.807, 2.05) is 4.98 Å². The number of carboxylic acids is 1. The number of aromatic amines is 1. The van der Waals surface area contributed by atoms with E-state index >= 15 is 0 Å². The van der Waals surface area contributed by atoms with E-state index < -0.39 is 29.2 Å². The lowest BCUT2D eigenvalue weighted by Crippen LogP contribution is -2.36. The maximum absolute atomic E-state index is 11.4. The number of hydrogen-bond acceptors (Lipinski definition) is 5. The SMILES string of the molecule is O=C(Cn1ccc(=O)[nH]c1=O)NCC[C@H](O)C(=O)O. The van der Waals surface area contributed by atoms with E-state index in [-0.39, 0.29) is 19.5 Å². The molecule has 0 spiro atoms. The Morgan fingerprint density at radius 3 is 2.68 bits per heavy atom. The monoisotopic (exact) mass is 271 g/mol. The first-order chi connectivity index (χ1) is 8.90. The third-order valence-corrected chi connectivity index (χ3v) is 2.24. The van der Waals surface area contributed by atoms with Gasteiger partial charge in [0.25, 0.3) is 5.56 Å².